The number of aryl methyl sites for hydroxylation is 1. The van der Waals surface area contributed by atoms with Gasteiger partial charge < -0.3 is 0 Å². The summed E-state index contributed by atoms with van der Waals surface area (Å²) in [7, 11) is 0. The predicted molar refractivity (Wildman–Crippen MR) is 55.0 cm³/mol. The molecule has 1 nitrogen and oxygen atoms in total. The van der Waals surface area contributed by atoms with Gasteiger partial charge in [-0.15, -0.1) is 0 Å². The molecule has 0 atom stereocenters. The molecule has 0 heterocycles. The molecule has 0 aromatic heterocycles. The third-order valence-corrected chi connectivity index (χ3v) is 1.90. The molecule has 0 aliphatic heterocycles. The zero-order chi connectivity index (χ0) is 10.7. The van der Waals surface area contributed by atoms with Crippen LogP contribution in [0.25, 0.3) is 6.08 Å². The predicted octanol–water partition coefficient (Wildman–Crippen LogP) is 3.64. The van der Waals surface area contributed by atoms with Crippen LogP contribution in [0.4, 0.5) is 14.5 Å². The first-order valence-corrected chi connectivity index (χ1v) is 4.19. The molecule has 3 heteroatoms. The second-order valence-corrected chi connectivity index (χ2v) is 2.91. The summed E-state index contributed by atoms with van der Waals surface area (Å²) in [6.07, 6.45) is 3.11. The molecule has 0 bridgehead atoms. The second-order valence-electron chi connectivity index (χ2n) is 2.91. The summed E-state index contributed by atoms with van der Waals surface area (Å²) in [6.45, 7) is 6.46. The maximum absolute atomic E-state index is 13.5. The van der Waals surface area contributed by atoms with E-state index in [0.717, 1.165) is 6.07 Å². The summed E-state index contributed by atoms with van der Waals surface area (Å²) in [4.78, 5) is 3.47. The normalized spacial score (nSPS) is 10.9. The minimum absolute atomic E-state index is 0.0359. The lowest BCUT2D eigenvalue weighted by Crippen LogP contribution is -1.92. The third kappa shape index (κ3) is 1.71. The summed E-state index contributed by atoms with van der Waals surface area (Å²) in [5.41, 5.74) is 0.384. The van der Waals surface area contributed by atoms with Crippen LogP contribution in [-0.4, -0.2) is 6.72 Å². The van der Waals surface area contributed by atoms with Crippen molar-refractivity contribution in [3.8, 4) is 0 Å². The van der Waals surface area contributed by atoms with Crippen LogP contribution in [0.5, 0.6) is 0 Å². The summed E-state index contributed by atoms with van der Waals surface area (Å²) >= 11 is 0. The Morgan fingerprint density at radius 3 is 2.57 bits per heavy atom. The molecule has 0 aliphatic rings. The van der Waals surface area contributed by atoms with Crippen molar-refractivity contribution >= 4 is 18.5 Å². The first-order chi connectivity index (χ1) is 6.61. The number of rotatable bonds is 2. The SMILES string of the molecule is C=Nc1c(F)cc(C)c(F)c1/C=C\C. The van der Waals surface area contributed by atoms with E-state index in [1.165, 1.54) is 13.0 Å². The monoisotopic (exact) mass is 195 g/mol. The Hall–Kier alpha value is -1.51. The summed E-state index contributed by atoms with van der Waals surface area (Å²) in [5.74, 6) is -1.00. The van der Waals surface area contributed by atoms with E-state index in [1.807, 2.05) is 0 Å². The van der Waals surface area contributed by atoms with Crippen molar-refractivity contribution in [3.05, 3.63) is 34.9 Å². The molecule has 0 saturated carbocycles. The zero-order valence-electron chi connectivity index (χ0n) is 8.14. The second kappa shape index (κ2) is 4.13. The minimum Gasteiger partial charge on any atom is -0.261 e. The Morgan fingerprint density at radius 1 is 1.43 bits per heavy atom. The average molecular weight is 195 g/mol. The Labute approximate surface area is 81.8 Å². The Balaban J connectivity index is 3.55. The fourth-order valence-corrected chi connectivity index (χ4v) is 1.25. The van der Waals surface area contributed by atoms with Crippen molar-refractivity contribution in [2.24, 2.45) is 4.99 Å². The van der Waals surface area contributed by atoms with E-state index in [0.29, 0.717) is 0 Å². The fourth-order valence-electron chi connectivity index (χ4n) is 1.25. The van der Waals surface area contributed by atoms with Crippen LogP contribution in [0.2, 0.25) is 0 Å². The van der Waals surface area contributed by atoms with Crippen LogP contribution in [0, 0.1) is 18.6 Å². The molecule has 0 aliphatic carbocycles. The molecule has 1 aromatic carbocycles. The van der Waals surface area contributed by atoms with Gasteiger partial charge in [0.25, 0.3) is 0 Å². The first kappa shape index (κ1) is 10.6. The first-order valence-electron chi connectivity index (χ1n) is 4.19. The van der Waals surface area contributed by atoms with Gasteiger partial charge in [-0.1, -0.05) is 12.2 Å². The minimum atomic E-state index is -0.549. The van der Waals surface area contributed by atoms with Gasteiger partial charge in [0.2, 0.25) is 0 Å². The fraction of sp³-hybridized carbons (Fsp3) is 0.182. The topological polar surface area (TPSA) is 12.4 Å². The quantitative estimate of drug-likeness (QED) is 0.639. The number of benzene rings is 1. The van der Waals surface area contributed by atoms with Gasteiger partial charge in [-0.2, -0.15) is 0 Å². The molecule has 0 spiro atoms. The van der Waals surface area contributed by atoms with Gasteiger partial charge in [0, 0.05) is 5.56 Å². The van der Waals surface area contributed by atoms with Crippen LogP contribution < -0.4 is 0 Å². The van der Waals surface area contributed by atoms with Crippen LogP contribution in [-0.2, 0) is 0 Å². The van der Waals surface area contributed by atoms with Gasteiger partial charge >= 0.3 is 0 Å². The van der Waals surface area contributed by atoms with Crippen LogP contribution >= 0.6 is 0 Å². The molecule has 14 heavy (non-hydrogen) atoms. The van der Waals surface area contributed by atoms with E-state index in [4.69, 9.17) is 0 Å². The third-order valence-electron chi connectivity index (χ3n) is 1.90. The average Bonchev–Trinajstić information content (AvgIpc) is 2.14. The molecule has 1 aromatic rings. The van der Waals surface area contributed by atoms with Crippen molar-refractivity contribution < 1.29 is 8.78 Å². The summed E-state index contributed by atoms with van der Waals surface area (Å²) in [5, 5.41) is 0. The number of allylic oxidation sites excluding steroid dienone is 1. The number of aliphatic imine (C=N–C) groups is 1. The van der Waals surface area contributed by atoms with Gasteiger partial charge in [0.15, 0.2) is 0 Å². The van der Waals surface area contributed by atoms with Crippen LogP contribution in [0.1, 0.15) is 18.1 Å². The summed E-state index contributed by atoms with van der Waals surface area (Å²) in [6, 6.07) is 1.12. The molecule has 0 N–H and O–H groups in total. The molecule has 1 rings (SSSR count). The van der Waals surface area contributed by atoms with Crippen LogP contribution in [0.3, 0.4) is 0 Å². The summed E-state index contributed by atoms with van der Waals surface area (Å²) < 4.78 is 26.8. The van der Waals surface area contributed by atoms with Crippen molar-refractivity contribution in [3.63, 3.8) is 0 Å². The molecular formula is C11H11F2N. The molecule has 0 amide bonds. The van der Waals surface area contributed by atoms with Gasteiger partial charge in [-0.3, -0.25) is 4.99 Å². The number of halogens is 2. The van der Waals surface area contributed by atoms with E-state index in [-0.39, 0.29) is 16.8 Å². The maximum Gasteiger partial charge on any atom is 0.149 e. The smallest absolute Gasteiger partial charge is 0.149 e. The highest BCUT2D eigenvalue weighted by molar-refractivity contribution is 5.67. The van der Waals surface area contributed by atoms with Gasteiger partial charge in [-0.25, -0.2) is 8.78 Å². The van der Waals surface area contributed by atoms with Crippen molar-refractivity contribution in [2.75, 3.05) is 0 Å². The van der Waals surface area contributed by atoms with E-state index >= 15 is 0 Å². The lowest BCUT2D eigenvalue weighted by atomic mass is 10.1. The van der Waals surface area contributed by atoms with Gasteiger partial charge in [0.1, 0.15) is 17.3 Å². The molecule has 74 valence electrons. The molecule has 0 saturated heterocycles. The van der Waals surface area contributed by atoms with Crippen molar-refractivity contribution in [1.82, 2.24) is 0 Å². The molecule has 0 radical (unpaired) electrons. The lowest BCUT2D eigenvalue weighted by molar-refractivity contribution is 0.592. The van der Waals surface area contributed by atoms with Gasteiger partial charge in [-0.05, 0) is 32.2 Å². The highest BCUT2D eigenvalue weighted by Crippen LogP contribution is 2.28. The van der Waals surface area contributed by atoms with Crippen molar-refractivity contribution in [2.45, 2.75) is 13.8 Å². The zero-order valence-corrected chi connectivity index (χ0v) is 8.14. The Bertz CT molecular complexity index is 395. The highest BCUT2D eigenvalue weighted by Gasteiger charge is 2.12. The number of nitrogens with zero attached hydrogens (tertiary/aromatic N) is 1. The highest BCUT2D eigenvalue weighted by atomic mass is 19.1. The standard InChI is InChI=1S/C11H11F2N/c1-4-5-8-10(13)7(2)6-9(12)11(8)14-3/h4-6H,3H2,1-2H3/b5-4-. The molecule has 0 unspecified atom stereocenters. The maximum atomic E-state index is 13.5. The Morgan fingerprint density at radius 2 is 2.07 bits per heavy atom. The van der Waals surface area contributed by atoms with E-state index < -0.39 is 11.6 Å². The molecule has 0 fully saturated rings. The Kier molecular flexibility index (Phi) is 3.12. The number of hydrogen-bond donors (Lipinski definition) is 0. The number of hydrogen-bond acceptors (Lipinski definition) is 1. The van der Waals surface area contributed by atoms with E-state index in [2.05, 4.69) is 11.7 Å². The molecular weight excluding hydrogens is 184 g/mol. The van der Waals surface area contributed by atoms with Gasteiger partial charge in [0.05, 0.1) is 0 Å². The van der Waals surface area contributed by atoms with E-state index in [1.54, 1.807) is 13.0 Å². The lowest BCUT2D eigenvalue weighted by Gasteiger charge is -2.06. The van der Waals surface area contributed by atoms with E-state index in [9.17, 15) is 8.78 Å². The van der Waals surface area contributed by atoms with Crippen molar-refractivity contribution in [1.29, 1.82) is 0 Å². The van der Waals surface area contributed by atoms with Crippen LogP contribution in [0.15, 0.2) is 17.1 Å². The largest absolute Gasteiger partial charge is 0.261 e.